The van der Waals surface area contributed by atoms with Crippen molar-refractivity contribution in [3.05, 3.63) is 12.3 Å². The van der Waals surface area contributed by atoms with Gasteiger partial charge < -0.3 is 0 Å². The van der Waals surface area contributed by atoms with Crippen LogP contribution in [0.25, 0.3) is 0 Å². The van der Waals surface area contributed by atoms with Crippen molar-refractivity contribution in [3.63, 3.8) is 0 Å². The second kappa shape index (κ2) is 5.08. The van der Waals surface area contributed by atoms with Crippen molar-refractivity contribution >= 4 is 12.9 Å². The Kier molecular flexibility index (Phi) is 4.41. The largest absolute Gasteiger partial charge is 0.296 e. The lowest BCUT2D eigenvalue weighted by Crippen LogP contribution is -1.57. The minimum Gasteiger partial charge on any atom is -0.296 e. The molecule has 0 atom stereocenters. The molecule has 2 nitrogen and oxygen atoms in total. The third-order valence-electron chi connectivity index (χ3n) is 0.427. The first-order chi connectivity index (χ1) is 3.41. The normalized spacial score (nSPS) is 11.0. The van der Waals surface area contributed by atoms with E-state index in [1.165, 1.54) is 0 Å². The maximum absolute atomic E-state index is 3.67. The van der Waals surface area contributed by atoms with E-state index in [9.17, 15) is 0 Å². The molecule has 0 aromatic rings. The van der Waals surface area contributed by atoms with Crippen molar-refractivity contribution in [2.75, 3.05) is 7.05 Å². The lowest BCUT2D eigenvalue weighted by molar-refractivity contribution is 1.47. The monoisotopic (exact) mass is 96.1 g/mol. The van der Waals surface area contributed by atoms with Crippen LogP contribution in [-0.2, 0) is 0 Å². The van der Waals surface area contributed by atoms with Crippen molar-refractivity contribution in [3.8, 4) is 0 Å². The number of rotatable bonds is 2. The van der Waals surface area contributed by atoms with E-state index in [1.807, 2.05) is 0 Å². The topological polar surface area (TPSA) is 24.7 Å². The molecular weight excluding hydrogens is 88.1 g/mol. The number of aliphatic imine (C=N–C) groups is 2. The molecule has 0 aromatic heterocycles. The SMILES string of the molecule is C=N/C=C\C=NC. The Labute approximate surface area is 43.3 Å². The van der Waals surface area contributed by atoms with E-state index in [2.05, 4.69) is 16.7 Å². The van der Waals surface area contributed by atoms with Crippen LogP contribution in [0.1, 0.15) is 0 Å². The van der Waals surface area contributed by atoms with Gasteiger partial charge in [-0.3, -0.25) is 9.98 Å². The summed E-state index contributed by atoms with van der Waals surface area (Å²) in [5.74, 6) is 0. The number of allylic oxidation sites excluding steroid dienone is 1. The molecule has 0 spiro atoms. The number of hydrogen-bond donors (Lipinski definition) is 0. The van der Waals surface area contributed by atoms with Crippen molar-refractivity contribution < 1.29 is 0 Å². The summed E-state index contributed by atoms with van der Waals surface area (Å²) in [4.78, 5) is 7.12. The third-order valence-corrected chi connectivity index (χ3v) is 0.427. The Hall–Kier alpha value is -0.920. The Bertz CT molecular complexity index is 92.3. The first-order valence-corrected chi connectivity index (χ1v) is 1.95. The molecule has 0 saturated carbocycles. The summed E-state index contributed by atoms with van der Waals surface area (Å²) < 4.78 is 0. The minimum absolute atomic E-state index is 1.58. The third kappa shape index (κ3) is 5.08. The van der Waals surface area contributed by atoms with Crippen molar-refractivity contribution in [2.45, 2.75) is 0 Å². The van der Waals surface area contributed by atoms with Gasteiger partial charge in [-0.05, 0) is 12.8 Å². The van der Waals surface area contributed by atoms with Gasteiger partial charge in [0.15, 0.2) is 0 Å². The van der Waals surface area contributed by atoms with Gasteiger partial charge >= 0.3 is 0 Å². The fourth-order valence-electron chi connectivity index (χ4n) is 0.185. The lowest BCUT2D eigenvalue weighted by atomic mass is 10.7. The molecule has 0 saturated heterocycles. The molecule has 0 bridgehead atoms. The second-order valence-corrected chi connectivity index (χ2v) is 0.931. The predicted octanol–water partition coefficient (Wildman–Crippen LogP) is 0.901. The zero-order valence-electron chi connectivity index (χ0n) is 4.33. The van der Waals surface area contributed by atoms with Gasteiger partial charge in [0.2, 0.25) is 0 Å². The van der Waals surface area contributed by atoms with E-state index in [4.69, 9.17) is 0 Å². The zero-order chi connectivity index (χ0) is 5.54. The molecule has 0 unspecified atom stereocenters. The molecule has 0 aliphatic carbocycles. The quantitative estimate of drug-likeness (QED) is 0.456. The molecule has 2 heteroatoms. The summed E-state index contributed by atoms with van der Waals surface area (Å²) in [5.41, 5.74) is 0. The minimum atomic E-state index is 1.58. The van der Waals surface area contributed by atoms with Gasteiger partial charge in [-0.1, -0.05) is 0 Å². The van der Waals surface area contributed by atoms with Crippen LogP contribution in [0.4, 0.5) is 0 Å². The van der Waals surface area contributed by atoms with E-state index in [1.54, 1.807) is 25.5 Å². The molecular formula is C5H8N2. The molecule has 0 aromatic carbocycles. The Balaban J connectivity index is 3.27. The maximum atomic E-state index is 3.67. The van der Waals surface area contributed by atoms with E-state index >= 15 is 0 Å². The van der Waals surface area contributed by atoms with Crippen LogP contribution in [-0.4, -0.2) is 20.0 Å². The fourth-order valence-corrected chi connectivity index (χ4v) is 0.185. The summed E-state index contributed by atoms with van der Waals surface area (Å²) in [6.45, 7) is 3.23. The van der Waals surface area contributed by atoms with E-state index in [0.717, 1.165) is 0 Å². The first kappa shape index (κ1) is 6.08. The molecule has 0 N–H and O–H groups in total. The lowest BCUT2D eigenvalue weighted by Gasteiger charge is -1.66. The maximum Gasteiger partial charge on any atom is 0.0277 e. The summed E-state index contributed by atoms with van der Waals surface area (Å²) in [5, 5.41) is 0. The molecule has 0 aliphatic heterocycles. The fraction of sp³-hybridized carbons (Fsp3) is 0.200. The zero-order valence-corrected chi connectivity index (χ0v) is 4.33. The summed E-state index contributed by atoms with van der Waals surface area (Å²) >= 11 is 0. The first-order valence-electron chi connectivity index (χ1n) is 1.95. The van der Waals surface area contributed by atoms with Crippen LogP contribution in [0.5, 0.6) is 0 Å². The van der Waals surface area contributed by atoms with Gasteiger partial charge in [-0.2, -0.15) is 0 Å². The molecule has 0 aliphatic rings. The van der Waals surface area contributed by atoms with Gasteiger partial charge in [0.05, 0.1) is 0 Å². The van der Waals surface area contributed by atoms with Gasteiger partial charge in [0, 0.05) is 19.5 Å². The summed E-state index contributed by atoms with van der Waals surface area (Å²) in [6.07, 6.45) is 4.94. The van der Waals surface area contributed by atoms with Crippen LogP contribution in [0.3, 0.4) is 0 Å². The molecule has 7 heavy (non-hydrogen) atoms. The standard InChI is InChI=1S/C5H8N2/c1-6-4-3-5-7-2/h3-5H,1H2,2H3/b4-3-,7-5?. The van der Waals surface area contributed by atoms with Crippen molar-refractivity contribution in [1.29, 1.82) is 0 Å². The molecule has 0 amide bonds. The highest BCUT2D eigenvalue weighted by Gasteiger charge is 1.53. The van der Waals surface area contributed by atoms with Gasteiger partial charge in [-0.25, -0.2) is 0 Å². The number of hydrogen-bond acceptors (Lipinski definition) is 2. The summed E-state index contributed by atoms with van der Waals surface area (Å²) in [7, 11) is 1.70. The van der Waals surface area contributed by atoms with Gasteiger partial charge in [0.25, 0.3) is 0 Å². The van der Waals surface area contributed by atoms with E-state index < -0.39 is 0 Å². The predicted molar refractivity (Wildman–Crippen MR) is 33.1 cm³/mol. The molecule has 38 valence electrons. The van der Waals surface area contributed by atoms with Crippen LogP contribution in [0, 0.1) is 0 Å². The average Bonchev–Trinajstić information content (AvgIpc) is 1.69. The highest BCUT2D eigenvalue weighted by atomic mass is 14.6. The van der Waals surface area contributed by atoms with Crippen molar-refractivity contribution in [2.24, 2.45) is 9.98 Å². The molecule has 0 radical (unpaired) electrons. The second-order valence-electron chi connectivity index (χ2n) is 0.931. The van der Waals surface area contributed by atoms with Gasteiger partial charge in [0.1, 0.15) is 0 Å². The highest BCUT2D eigenvalue weighted by molar-refractivity contribution is 5.70. The number of nitrogens with zero attached hydrogens (tertiary/aromatic N) is 2. The smallest absolute Gasteiger partial charge is 0.0277 e. The van der Waals surface area contributed by atoms with Gasteiger partial charge in [-0.15, -0.1) is 0 Å². The Morgan fingerprint density at radius 1 is 1.57 bits per heavy atom. The van der Waals surface area contributed by atoms with Crippen LogP contribution < -0.4 is 0 Å². The Morgan fingerprint density at radius 2 is 2.29 bits per heavy atom. The van der Waals surface area contributed by atoms with E-state index in [0.29, 0.717) is 0 Å². The summed E-state index contributed by atoms with van der Waals surface area (Å²) in [6, 6.07) is 0. The molecule has 0 heterocycles. The molecule has 0 fully saturated rings. The van der Waals surface area contributed by atoms with Crippen LogP contribution in [0.15, 0.2) is 22.3 Å². The van der Waals surface area contributed by atoms with Crippen molar-refractivity contribution in [1.82, 2.24) is 0 Å². The van der Waals surface area contributed by atoms with Crippen LogP contribution >= 0.6 is 0 Å². The average molecular weight is 96.1 g/mol. The molecule has 0 rings (SSSR count). The highest BCUT2D eigenvalue weighted by Crippen LogP contribution is 1.65. The Morgan fingerprint density at radius 3 is 2.71 bits per heavy atom. The van der Waals surface area contributed by atoms with E-state index in [-0.39, 0.29) is 0 Å². The van der Waals surface area contributed by atoms with Crippen LogP contribution in [0.2, 0.25) is 0 Å².